The number of hydrogen-bond acceptors (Lipinski definition) is 4. The van der Waals surface area contributed by atoms with E-state index in [4.69, 9.17) is 4.74 Å². The van der Waals surface area contributed by atoms with Crippen LogP contribution >= 0.6 is 24.0 Å². The van der Waals surface area contributed by atoms with Gasteiger partial charge in [0.05, 0.1) is 0 Å². The Morgan fingerprint density at radius 1 is 1.19 bits per heavy atom. The second-order valence-electron chi connectivity index (χ2n) is 8.63. The largest absolute Gasteiger partial charge is 0.444 e. The van der Waals surface area contributed by atoms with Gasteiger partial charge in [-0.3, -0.25) is 4.99 Å². The van der Waals surface area contributed by atoms with Crippen LogP contribution in [0.25, 0.3) is 0 Å². The Kier molecular flexibility index (Phi) is 10.1. The molecule has 0 radical (unpaired) electrons. The molecule has 0 saturated carbocycles. The van der Waals surface area contributed by atoms with Crippen molar-refractivity contribution >= 4 is 36.0 Å². The molecule has 0 bridgehead atoms. The molecule has 0 spiro atoms. The van der Waals surface area contributed by atoms with Crippen LogP contribution in [0.1, 0.15) is 46.5 Å². The number of nitrogens with zero attached hydrogens (tertiary/aromatic N) is 3. The summed E-state index contributed by atoms with van der Waals surface area (Å²) in [6.45, 7) is 10.4. The summed E-state index contributed by atoms with van der Waals surface area (Å²) < 4.78 is 5.50. The van der Waals surface area contributed by atoms with E-state index in [0.29, 0.717) is 12.5 Å². The van der Waals surface area contributed by atoms with Crippen molar-refractivity contribution in [3.05, 3.63) is 0 Å². The van der Waals surface area contributed by atoms with Gasteiger partial charge in [0, 0.05) is 39.3 Å². The van der Waals surface area contributed by atoms with Crippen molar-refractivity contribution in [2.75, 3.05) is 46.8 Å². The van der Waals surface area contributed by atoms with Crippen molar-refractivity contribution in [3.63, 3.8) is 0 Å². The number of halogens is 1. The van der Waals surface area contributed by atoms with E-state index in [0.717, 1.165) is 38.4 Å². The number of likely N-dealkylation sites (tertiary alicyclic amines) is 2. The summed E-state index contributed by atoms with van der Waals surface area (Å²) in [4.78, 5) is 20.9. The fourth-order valence-corrected chi connectivity index (χ4v) is 3.66. The molecule has 2 unspecified atom stereocenters. The minimum Gasteiger partial charge on any atom is -0.444 e. The van der Waals surface area contributed by atoms with E-state index < -0.39 is 5.60 Å². The number of amides is 1. The summed E-state index contributed by atoms with van der Waals surface area (Å²) >= 11 is 0. The molecule has 2 fully saturated rings. The molecule has 2 N–H and O–H groups in total. The zero-order valence-electron chi connectivity index (χ0n) is 17.6. The Balaban J connectivity index is 0.00000364. The molecule has 158 valence electrons. The van der Waals surface area contributed by atoms with Gasteiger partial charge in [-0.1, -0.05) is 0 Å². The van der Waals surface area contributed by atoms with Gasteiger partial charge in [-0.25, -0.2) is 4.79 Å². The third kappa shape index (κ3) is 8.85. The Hall–Kier alpha value is -0.770. The maximum atomic E-state index is 12.3. The van der Waals surface area contributed by atoms with E-state index in [2.05, 4.69) is 27.6 Å². The van der Waals surface area contributed by atoms with Crippen LogP contribution in [0.4, 0.5) is 4.79 Å². The third-order valence-electron chi connectivity index (χ3n) is 4.92. The van der Waals surface area contributed by atoms with Gasteiger partial charge in [0.2, 0.25) is 0 Å². The first kappa shape index (κ1) is 24.3. The Labute approximate surface area is 181 Å². The molecule has 2 atom stereocenters. The third-order valence-corrected chi connectivity index (χ3v) is 4.92. The molecule has 2 aliphatic rings. The molecule has 2 aliphatic heterocycles. The smallest absolute Gasteiger partial charge is 0.410 e. The first-order valence-corrected chi connectivity index (χ1v) is 9.90. The van der Waals surface area contributed by atoms with Crippen LogP contribution in [0.2, 0.25) is 0 Å². The highest BCUT2D eigenvalue weighted by molar-refractivity contribution is 14.0. The van der Waals surface area contributed by atoms with Crippen molar-refractivity contribution in [3.8, 4) is 0 Å². The summed E-state index contributed by atoms with van der Waals surface area (Å²) in [5.41, 5.74) is -0.456. The van der Waals surface area contributed by atoms with Crippen molar-refractivity contribution in [2.24, 2.45) is 10.9 Å². The summed E-state index contributed by atoms with van der Waals surface area (Å²) in [7, 11) is 3.99. The molecule has 0 aromatic rings. The molecular formula is C19H38IN5O2. The fraction of sp³-hybridized carbons (Fsp3) is 0.895. The molecule has 2 rings (SSSR count). The number of ether oxygens (including phenoxy) is 1. The van der Waals surface area contributed by atoms with E-state index in [1.165, 1.54) is 19.4 Å². The van der Waals surface area contributed by atoms with Crippen molar-refractivity contribution in [2.45, 2.75) is 58.1 Å². The summed E-state index contributed by atoms with van der Waals surface area (Å²) in [6, 6.07) is 0.205. The van der Waals surface area contributed by atoms with Gasteiger partial charge < -0.3 is 25.2 Å². The van der Waals surface area contributed by atoms with Gasteiger partial charge in [-0.05, 0) is 66.0 Å². The number of carbonyl (C=O) groups excluding carboxylic acids is 1. The standard InChI is InChI=1S/C19H37N5O2.HI/c1-19(2,3)26-18(25)24-11-7-9-16(14-24)22-17(20-4)21-12-15-8-6-10-23(5)13-15;/h15-16H,6-14H2,1-5H3,(H2,20,21,22);1H. The number of hydrogen-bond donors (Lipinski definition) is 2. The molecule has 7 nitrogen and oxygen atoms in total. The van der Waals surface area contributed by atoms with Crippen molar-refractivity contribution < 1.29 is 9.53 Å². The summed E-state index contributed by atoms with van der Waals surface area (Å²) in [6.07, 6.45) is 4.32. The molecule has 8 heteroatoms. The van der Waals surface area contributed by atoms with E-state index in [9.17, 15) is 4.79 Å². The van der Waals surface area contributed by atoms with Crippen LogP contribution in [-0.2, 0) is 4.74 Å². The topological polar surface area (TPSA) is 69.2 Å². The fourth-order valence-electron chi connectivity index (χ4n) is 3.66. The first-order valence-electron chi connectivity index (χ1n) is 9.90. The lowest BCUT2D eigenvalue weighted by molar-refractivity contribution is 0.0193. The van der Waals surface area contributed by atoms with Crippen LogP contribution in [0.3, 0.4) is 0 Å². The normalized spacial score (nSPS) is 24.8. The van der Waals surface area contributed by atoms with E-state index in [-0.39, 0.29) is 36.1 Å². The second kappa shape index (κ2) is 11.3. The van der Waals surface area contributed by atoms with E-state index in [1.807, 2.05) is 20.8 Å². The lowest BCUT2D eigenvalue weighted by Crippen LogP contribution is -2.53. The maximum Gasteiger partial charge on any atom is 0.410 e. The Morgan fingerprint density at radius 2 is 1.89 bits per heavy atom. The number of carbonyl (C=O) groups is 1. The highest BCUT2D eigenvalue weighted by Crippen LogP contribution is 2.16. The van der Waals surface area contributed by atoms with Crippen molar-refractivity contribution in [1.82, 2.24) is 20.4 Å². The predicted octanol–water partition coefficient (Wildman–Crippen LogP) is 2.51. The number of nitrogens with one attached hydrogen (secondary N) is 2. The monoisotopic (exact) mass is 495 g/mol. The van der Waals surface area contributed by atoms with Crippen LogP contribution in [0.5, 0.6) is 0 Å². The molecule has 2 heterocycles. The zero-order valence-corrected chi connectivity index (χ0v) is 19.9. The minimum atomic E-state index is -0.456. The SMILES string of the molecule is CN=C(NCC1CCCN(C)C1)NC1CCCN(C(=O)OC(C)(C)C)C1.I. The quantitative estimate of drug-likeness (QED) is 0.358. The van der Waals surface area contributed by atoms with Crippen molar-refractivity contribution in [1.29, 1.82) is 0 Å². The molecule has 0 aliphatic carbocycles. The predicted molar refractivity (Wildman–Crippen MR) is 121 cm³/mol. The van der Waals surface area contributed by atoms with Gasteiger partial charge in [-0.2, -0.15) is 0 Å². The molecule has 1 amide bonds. The lowest BCUT2D eigenvalue weighted by atomic mass is 9.98. The maximum absolute atomic E-state index is 12.3. The van der Waals surface area contributed by atoms with Gasteiger partial charge in [0.15, 0.2) is 5.96 Å². The first-order chi connectivity index (χ1) is 12.3. The van der Waals surface area contributed by atoms with Crippen LogP contribution in [0.15, 0.2) is 4.99 Å². The van der Waals surface area contributed by atoms with E-state index >= 15 is 0 Å². The molecule has 2 saturated heterocycles. The molecule has 0 aromatic heterocycles. The molecule has 0 aromatic carbocycles. The average Bonchev–Trinajstić information content (AvgIpc) is 2.57. The summed E-state index contributed by atoms with van der Waals surface area (Å²) in [5, 5.41) is 6.95. The highest BCUT2D eigenvalue weighted by Gasteiger charge is 2.28. The zero-order chi connectivity index (χ0) is 19.2. The van der Waals surface area contributed by atoms with E-state index in [1.54, 1.807) is 11.9 Å². The molecule has 27 heavy (non-hydrogen) atoms. The van der Waals surface area contributed by atoms with Crippen LogP contribution < -0.4 is 10.6 Å². The Morgan fingerprint density at radius 3 is 2.52 bits per heavy atom. The number of aliphatic imine (C=N–C) groups is 1. The average molecular weight is 495 g/mol. The Bertz CT molecular complexity index is 495. The summed E-state index contributed by atoms with van der Waals surface area (Å²) in [5.74, 6) is 1.49. The molecular weight excluding hydrogens is 457 g/mol. The van der Waals surface area contributed by atoms with Gasteiger partial charge in [0.25, 0.3) is 0 Å². The van der Waals surface area contributed by atoms with Crippen LogP contribution in [0, 0.1) is 5.92 Å². The van der Waals surface area contributed by atoms with Gasteiger partial charge in [-0.15, -0.1) is 24.0 Å². The van der Waals surface area contributed by atoms with Gasteiger partial charge in [0.1, 0.15) is 5.60 Å². The second-order valence-corrected chi connectivity index (χ2v) is 8.63. The lowest BCUT2D eigenvalue weighted by Gasteiger charge is -2.35. The number of piperidine rings is 2. The highest BCUT2D eigenvalue weighted by atomic mass is 127. The minimum absolute atomic E-state index is 0. The van der Waals surface area contributed by atoms with Gasteiger partial charge >= 0.3 is 6.09 Å². The van der Waals surface area contributed by atoms with Crippen LogP contribution in [-0.4, -0.2) is 80.3 Å². The number of rotatable bonds is 3. The number of guanidine groups is 1.